The molecular weight excluding hydrogens is 218 g/mol. The molecule has 1 N–H and O–H groups in total. The number of benzene rings is 1. The number of carbonyl (C=O) groups is 2. The zero-order chi connectivity index (χ0) is 12.7. The fraction of sp³-hybridized carbons (Fsp3) is 0.231. The van der Waals surface area contributed by atoms with Crippen molar-refractivity contribution in [3.05, 3.63) is 47.7 Å². The summed E-state index contributed by atoms with van der Waals surface area (Å²) in [5, 5.41) is 2.39. The minimum absolute atomic E-state index is 0.182. The fourth-order valence-corrected chi connectivity index (χ4v) is 1.23. The molecule has 4 nitrogen and oxygen atoms in total. The van der Waals surface area contributed by atoms with Crippen LogP contribution in [0.15, 0.2) is 42.1 Å². The average molecular weight is 233 g/mol. The molecule has 0 saturated heterocycles. The van der Waals surface area contributed by atoms with Gasteiger partial charge in [0.2, 0.25) is 0 Å². The molecule has 1 aromatic carbocycles. The normalized spacial score (nSPS) is 10.8. The second kappa shape index (κ2) is 6.48. The van der Waals surface area contributed by atoms with E-state index < -0.39 is 6.09 Å². The van der Waals surface area contributed by atoms with Gasteiger partial charge in [-0.25, -0.2) is 4.79 Å². The summed E-state index contributed by atoms with van der Waals surface area (Å²) in [5.41, 5.74) is 1.13. The lowest BCUT2D eigenvalue weighted by atomic mass is 10.2. The molecule has 0 spiro atoms. The Hall–Kier alpha value is -2.10. The van der Waals surface area contributed by atoms with Crippen LogP contribution in [0.2, 0.25) is 0 Å². The third kappa shape index (κ3) is 4.51. The van der Waals surface area contributed by atoms with Gasteiger partial charge in [0.25, 0.3) is 0 Å². The molecule has 0 aromatic heterocycles. The van der Waals surface area contributed by atoms with Crippen molar-refractivity contribution < 1.29 is 14.3 Å². The lowest BCUT2D eigenvalue weighted by Crippen LogP contribution is -2.26. The number of Topliss-reactive ketones (excluding diaryl/α,β-unsaturated/α-hetero) is 1. The third-order valence-corrected chi connectivity index (χ3v) is 2.12. The van der Waals surface area contributed by atoms with E-state index in [2.05, 4.69) is 5.32 Å². The molecule has 1 amide bonds. The summed E-state index contributed by atoms with van der Waals surface area (Å²) < 4.78 is 4.97. The van der Waals surface area contributed by atoms with E-state index in [1.807, 2.05) is 30.3 Å². The Labute approximate surface area is 100 Å². The highest BCUT2D eigenvalue weighted by molar-refractivity contribution is 5.95. The number of amides is 1. The van der Waals surface area contributed by atoms with Gasteiger partial charge in [0.05, 0.1) is 5.70 Å². The first kappa shape index (κ1) is 13.0. The highest BCUT2D eigenvalue weighted by Gasteiger charge is 2.08. The second-order valence-corrected chi connectivity index (χ2v) is 3.45. The van der Waals surface area contributed by atoms with E-state index in [1.54, 1.807) is 6.92 Å². The van der Waals surface area contributed by atoms with Crippen molar-refractivity contribution in [3.8, 4) is 0 Å². The molecule has 0 radical (unpaired) electrons. The summed E-state index contributed by atoms with van der Waals surface area (Å²) in [6.45, 7) is 3.24. The van der Waals surface area contributed by atoms with Crippen LogP contribution in [-0.2, 0) is 16.1 Å². The molecule has 1 rings (SSSR count). The zero-order valence-corrected chi connectivity index (χ0v) is 9.90. The summed E-state index contributed by atoms with van der Waals surface area (Å²) in [4.78, 5) is 22.4. The fourth-order valence-electron chi connectivity index (χ4n) is 1.23. The first-order valence-electron chi connectivity index (χ1n) is 5.28. The number of allylic oxidation sites excluding steroid dienone is 2. The van der Waals surface area contributed by atoms with E-state index in [9.17, 15) is 9.59 Å². The largest absolute Gasteiger partial charge is 0.444 e. The van der Waals surface area contributed by atoms with Crippen molar-refractivity contribution in [2.45, 2.75) is 20.5 Å². The molecule has 0 aliphatic heterocycles. The molecule has 90 valence electrons. The van der Waals surface area contributed by atoms with E-state index in [4.69, 9.17) is 4.74 Å². The maximum Gasteiger partial charge on any atom is 0.412 e. The molecule has 0 aliphatic rings. The van der Waals surface area contributed by atoms with Gasteiger partial charge < -0.3 is 4.74 Å². The van der Waals surface area contributed by atoms with Crippen molar-refractivity contribution in [1.29, 1.82) is 0 Å². The van der Waals surface area contributed by atoms with Gasteiger partial charge in [-0.1, -0.05) is 36.4 Å². The molecular formula is C13H15NO3. The van der Waals surface area contributed by atoms with Crippen LogP contribution in [0.3, 0.4) is 0 Å². The van der Waals surface area contributed by atoms with E-state index in [1.165, 1.54) is 13.0 Å². The van der Waals surface area contributed by atoms with Crippen LogP contribution in [0.25, 0.3) is 0 Å². The average Bonchev–Trinajstić information content (AvgIpc) is 2.34. The van der Waals surface area contributed by atoms with Crippen molar-refractivity contribution in [1.82, 2.24) is 5.32 Å². The van der Waals surface area contributed by atoms with Crippen LogP contribution >= 0.6 is 0 Å². The monoisotopic (exact) mass is 233 g/mol. The van der Waals surface area contributed by atoms with Crippen LogP contribution in [0, 0.1) is 0 Å². The molecule has 17 heavy (non-hydrogen) atoms. The highest BCUT2D eigenvalue weighted by atomic mass is 16.5. The molecule has 0 atom stereocenters. The molecule has 0 saturated carbocycles. The lowest BCUT2D eigenvalue weighted by molar-refractivity contribution is -0.113. The van der Waals surface area contributed by atoms with Gasteiger partial charge in [-0.15, -0.1) is 0 Å². The Morgan fingerprint density at radius 3 is 2.47 bits per heavy atom. The van der Waals surface area contributed by atoms with Gasteiger partial charge in [-0.05, 0) is 12.5 Å². The number of rotatable bonds is 4. The molecule has 0 fully saturated rings. The number of hydrogen-bond acceptors (Lipinski definition) is 3. The van der Waals surface area contributed by atoms with Crippen LogP contribution in [0.1, 0.15) is 19.4 Å². The maximum atomic E-state index is 11.4. The van der Waals surface area contributed by atoms with E-state index >= 15 is 0 Å². The molecule has 0 bridgehead atoms. The summed E-state index contributed by atoms with van der Waals surface area (Å²) in [7, 11) is 0. The Kier molecular flexibility index (Phi) is 4.94. The number of ketones is 1. The van der Waals surface area contributed by atoms with Gasteiger partial charge >= 0.3 is 6.09 Å². The second-order valence-electron chi connectivity index (χ2n) is 3.45. The van der Waals surface area contributed by atoms with Gasteiger partial charge in [-0.3, -0.25) is 10.1 Å². The molecule has 0 unspecified atom stereocenters. The van der Waals surface area contributed by atoms with Crippen LogP contribution in [0.5, 0.6) is 0 Å². The maximum absolute atomic E-state index is 11.4. The number of carbonyl (C=O) groups excluding carboxylic acids is 2. The predicted molar refractivity (Wildman–Crippen MR) is 64.2 cm³/mol. The van der Waals surface area contributed by atoms with Gasteiger partial charge in [0.1, 0.15) is 6.61 Å². The third-order valence-electron chi connectivity index (χ3n) is 2.12. The quantitative estimate of drug-likeness (QED) is 0.812. The topological polar surface area (TPSA) is 55.4 Å². The summed E-state index contributed by atoms with van der Waals surface area (Å²) >= 11 is 0. The Morgan fingerprint density at radius 2 is 1.94 bits per heavy atom. The van der Waals surface area contributed by atoms with E-state index in [0.717, 1.165) is 5.56 Å². The lowest BCUT2D eigenvalue weighted by Gasteiger charge is -2.07. The van der Waals surface area contributed by atoms with E-state index in [0.29, 0.717) is 0 Å². The van der Waals surface area contributed by atoms with Crippen molar-refractivity contribution >= 4 is 11.9 Å². The van der Waals surface area contributed by atoms with Crippen LogP contribution in [-0.4, -0.2) is 11.9 Å². The van der Waals surface area contributed by atoms with E-state index in [-0.39, 0.29) is 18.1 Å². The number of alkyl carbamates (subject to hydrolysis) is 1. The molecule has 0 aliphatic carbocycles. The Balaban J connectivity index is 2.43. The molecule has 1 aromatic rings. The van der Waals surface area contributed by atoms with Gasteiger partial charge in [-0.2, -0.15) is 0 Å². The Morgan fingerprint density at radius 1 is 1.29 bits per heavy atom. The van der Waals surface area contributed by atoms with Crippen LogP contribution in [0.4, 0.5) is 4.79 Å². The minimum Gasteiger partial charge on any atom is -0.444 e. The summed E-state index contributed by atoms with van der Waals surface area (Å²) in [5.74, 6) is -0.204. The number of hydrogen-bond donors (Lipinski definition) is 1. The summed E-state index contributed by atoms with van der Waals surface area (Å²) in [6, 6.07) is 9.33. The predicted octanol–water partition coefficient (Wildman–Crippen LogP) is 2.41. The van der Waals surface area contributed by atoms with Gasteiger partial charge in [0, 0.05) is 6.92 Å². The highest BCUT2D eigenvalue weighted by Crippen LogP contribution is 2.01. The standard InChI is InChI=1S/C13H15NO3/c1-3-12(10(2)15)14-13(16)17-9-11-7-5-4-6-8-11/h3-8H,9H2,1-2H3,(H,14,16)/b12-3+. The first-order valence-corrected chi connectivity index (χ1v) is 5.28. The number of nitrogens with one attached hydrogen (secondary N) is 1. The number of ether oxygens (including phenoxy) is 1. The molecule has 0 heterocycles. The van der Waals surface area contributed by atoms with Crippen LogP contribution < -0.4 is 5.32 Å². The SMILES string of the molecule is C/C=C(/NC(=O)OCc1ccccc1)C(C)=O. The van der Waals surface area contributed by atoms with Gasteiger partial charge in [0.15, 0.2) is 5.78 Å². The smallest absolute Gasteiger partial charge is 0.412 e. The van der Waals surface area contributed by atoms with Crippen molar-refractivity contribution in [2.75, 3.05) is 0 Å². The zero-order valence-electron chi connectivity index (χ0n) is 9.90. The van der Waals surface area contributed by atoms with Crippen molar-refractivity contribution in [3.63, 3.8) is 0 Å². The summed E-state index contributed by atoms with van der Waals surface area (Å²) in [6.07, 6.45) is 0.906. The Bertz CT molecular complexity index is 424. The minimum atomic E-state index is -0.628. The first-order chi connectivity index (χ1) is 8.13. The van der Waals surface area contributed by atoms with Crippen molar-refractivity contribution in [2.24, 2.45) is 0 Å². The molecule has 4 heteroatoms.